The summed E-state index contributed by atoms with van der Waals surface area (Å²) in [6, 6.07) is 8.39. The molecule has 64 valence electrons. The first kappa shape index (κ1) is 8.85. The quantitative estimate of drug-likeness (QED) is 0.702. The fourth-order valence-corrected chi connectivity index (χ4v) is 1.09. The number of benzene rings is 1. The van der Waals surface area contributed by atoms with Crippen LogP contribution in [0.5, 0.6) is 0 Å². The van der Waals surface area contributed by atoms with Crippen molar-refractivity contribution in [2.24, 2.45) is 0 Å². The van der Waals surface area contributed by atoms with Crippen LogP contribution in [-0.4, -0.2) is 7.05 Å². The minimum absolute atomic E-state index is 1.16. The Morgan fingerprint density at radius 2 is 2.17 bits per heavy atom. The molecule has 0 saturated carbocycles. The lowest BCUT2D eigenvalue weighted by molar-refractivity contribution is 1.47. The zero-order chi connectivity index (χ0) is 8.97. The van der Waals surface area contributed by atoms with Crippen molar-refractivity contribution in [1.82, 2.24) is 0 Å². The van der Waals surface area contributed by atoms with Crippen molar-refractivity contribution in [3.63, 3.8) is 0 Å². The average Bonchev–Trinajstić information content (AvgIpc) is 2.17. The van der Waals surface area contributed by atoms with E-state index in [1.807, 2.05) is 7.05 Å². The van der Waals surface area contributed by atoms with Crippen molar-refractivity contribution in [3.8, 4) is 0 Å². The first-order chi connectivity index (χ1) is 5.77. The number of allylic oxidation sites excluding steroid dienone is 2. The Balaban J connectivity index is 3.02. The Morgan fingerprint density at radius 3 is 2.75 bits per heavy atom. The van der Waals surface area contributed by atoms with Crippen molar-refractivity contribution in [2.45, 2.75) is 13.8 Å². The number of rotatable bonds is 2. The van der Waals surface area contributed by atoms with Crippen LogP contribution in [-0.2, 0) is 0 Å². The molecule has 1 rings (SSSR count). The molecular weight excluding hydrogens is 146 g/mol. The number of nitrogens with one attached hydrogen (secondary N) is 1. The van der Waals surface area contributed by atoms with Crippen LogP contribution in [0.2, 0.25) is 0 Å². The van der Waals surface area contributed by atoms with E-state index in [9.17, 15) is 0 Å². The third kappa shape index (κ3) is 1.88. The lowest BCUT2D eigenvalue weighted by atomic mass is 10.1. The smallest absolute Gasteiger partial charge is 0.0343 e. The summed E-state index contributed by atoms with van der Waals surface area (Å²) < 4.78 is 0. The highest BCUT2D eigenvalue weighted by atomic mass is 14.8. The standard InChI is InChI=1S/C11H15N/c1-4-9(2)10-6-5-7-11(8-10)12-3/h4-8,12H,1-3H3/b9-4+. The molecule has 12 heavy (non-hydrogen) atoms. The maximum Gasteiger partial charge on any atom is 0.0343 e. The minimum atomic E-state index is 1.16. The third-order valence-electron chi connectivity index (χ3n) is 2.04. The summed E-state index contributed by atoms with van der Waals surface area (Å²) in [6.45, 7) is 4.18. The van der Waals surface area contributed by atoms with Crippen molar-refractivity contribution < 1.29 is 0 Å². The second kappa shape index (κ2) is 3.96. The van der Waals surface area contributed by atoms with Crippen LogP contribution in [0.15, 0.2) is 30.3 Å². The van der Waals surface area contributed by atoms with Crippen LogP contribution >= 0.6 is 0 Å². The molecule has 0 unspecified atom stereocenters. The minimum Gasteiger partial charge on any atom is -0.388 e. The lowest BCUT2D eigenvalue weighted by Crippen LogP contribution is -1.88. The third-order valence-corrected chi connectivity index (χ3v) is 2.04. The van der Waals surface area contributed by atoms with E-state index in [1.54, 1.807) is 0 Å². The fraction of sp³-hybridized carbons (Fsp3) is 0.273. The van der Waals surface area contributed by atoms with Gasteiger partial charge in [-0.3, -0.25) is 0 Å². The van der Waals surface area contributed by atoms with Crippen LogP contribution in [0.4, 0.5) is 5.69 Å². The van der Waals surface area contributed by atoms with Crippen LogP contribution in [0, 0.1) is 0 Å². The Hall–Kier alpha value is -1.24. The molecule has 0 aliphatic carbocycles. The molecule has 0 bridgehead atoms. The van der Waals surface area contributed by atoms with Crippen LogP contribution in [0.25, 0.3) is 5.57 Å². The van der Waals surface area contributed by atoms with Gasteiger partial charge in [-0.25, -0.2) is 0 Å². The molecule has 0 saturated heterocycles. The largest absolute Gasteiger partial charge is 0.388 e. The van der Waals surface area contributed by atoms with Crippen LogP contribution in [0.1, 0.15) is 19.4 Å². The van der Waals surface area contributed by atoms with Gasteiger partial charge in [0.2, 0.25) is 0 Å². The Kier molecular flexibility index (Phi) is 2.92. The Bertz CT molecular complexity index is 287. The van der Waals surface area contributed by atoms with Crippen LogP contribution < -0.4 is 5.32 Å². The molecule has 1 aromatic rings. The molecule has 0 aliphatic heterocycles. The molecule has 0 atom stereocenters. The summed E-state index contributed by atoms with van der Waals surface area (Å²) in [6.07, 6.45) is 2.12. The van der Waals surface area contributed by atoms with E-state index >= 15 is 0 Å². The van der Waals surface area contributed by atoms with Crippen molar-refractivity contribution in [1.29, 1.82) is 0 Å². The SMILES string of the molecule is C/C=C(\C)c1cccc(NC)c1. The van der Waals surface area contributed by atoms with Crippen LogP contribution in [0.3, 0.4) is 0 Å². The summed E-state index contributed by atoms with van der Waals surface area (Å²) in [4.78, 5) is 0. The van der Waals surface area contributed by atoms with Gasteiger partial charge >= 0.3 is 0 Å². The molecule has 0 fully saturated rings. The molecule has 0 heterocycles. The molecule has 0 spiro atoms. The van der Waals surface area contributed by atoms with Crippen molar-refractivity contribution >= 4 is 11.3 Å². The number of hydrogen-bond acceptors (Lipinski definition) is 1. The predicted molar refractivity (Wildman–Crippen MR) is 55.3 cm³/mol. The van der Waals surface area contributed by atoms with Gasteiger partial charge in [0.15, 0.2) is 0 Å². The first-order valence-electron chi connectivity index (χ1n) is 4.19. The van der Waals surface area contributed by atoms with Gasteiger partial charge in [0, 0.05) is 12.7 Å². The topological polar surface area (TPSA) is 12.0 Å². The van der Waals surface area contributed by atoms with Gasteiger partial charge in [-0.1, -0.05) is 18.2 Å². The zero-order valence-electron chi connectivity index (χ0n) is 7.89. The summed E-state index contributed by atoms with van der Waals surface area (Å²) in [5.74, 6) is 0. The zero-order valence-corrected chi connectivity index (χ0v) is 7.89. The summed E-state index contributed by atoms with van der Waals surface area (Å²) in [5.41, 5.74) is 3.75. The van der Waals surface area contributed by atoms with Gasteiger partial charge in [-0.05, 0) is 37.1 Å². The van der Waals surface area contributed by atoms with E-state index in [0.29, 0.717) is 0 Å². The molecule has 0 aromatic heterocycles. The van der Waals surface area contributed by atoms with E-state index in [2.05, 4.69) is 49.5 Å². The monoisotopic (exact) mass is 161 g/mol. The number of anilines is 1. The maximum absolute atomic E-state index is 3.12. The van der Waals surface area contributed by atoms with Gasteiger partial charge in [-0.15, -0.1) is 0 Å². The number of hydrogen-bond donors (Lipinski definition) is 1. The molecule has 1 nitrogen and oxygen atoms in total. The van der Waals surface area contributed by atoms with E-state index in [-0.39, 0.29) is 0 Å². The normalized spacial score (nSPS) is 11.4. The Morgan fingerprint density at radius 1 is 1.42 bits per heavy atom. The van der Waals surface area contributed by atoms with Gasteiger partial charge in [0.25, 0.3) is 0 Å². The molecule has 1 aromatic carbocycles. The van der Waals surface area contributed by atoms with E-state index in [4.69, 9.17) is 0 Å². The van der Waals surface area contributed by atoms with Gasteiger partial charge in [0.1, 0.15) is 0 Å². The van der Waals surface area contributed by atoms with E-state index < -0.39 is 0 Å². The maximum atomic E-state index is 3.12. The van der Waals surface area contributed by atoms with E-state index in [0.717, 1.165) is 5.69 Å². The molecule has 1 N–H and O–H groups in total. The van der Waals surface area contributed by atoms with Gasteiger partial charge < -0.3 is 5.32 Å². The van der Waals surface area contributed by atoms with Gasteiger partial charge in [0.05, 0.1) is 0 Å². The van der Waals surface area contributed by atoms with Crippen molar-refractivity contribution in [2.75, 3.05) is 12.4 Å². The highest BCUT2D eigenvalue weighted by Gasteiger charge is 1.94. The first-order valence-corrected chi connectivity index (χ1v) is 4.19. The average molecular weight is 161 g/mol. The predicted octanol–water partition coefficient (Wildman–Crippen LogP) is 3.15. The molecular formula is C11H15N. The van der Waals surface area contributed by atoms with Gasteiger partial charge in [-0.2, -0.15) is 0 Å². The molecule has 1 heteroatoms. The lowest BCUT2D eigenvalue weighted by Gasteiger charge is -2.04. The molecule has 0 radical (unpaired) electrons. The van der Waals surface area contributed by atoms with E-state index in [1.165, 1.54) is 11.1 Å². The molecule has 0 aliphatic rings. The summed E-state index contributed by atoms with van der Waals surface area (Å²) in [7, 11) is 1.93. The second-order valence-electron chi connectivity index (χ2n) is 2.80. The van der Waals surface area contributed by atoms with Crippen molar-refractivity contribution in [3.05, 3.63) is 35.9 Å². The second-order valence-corrected chi connectivity index (χ2v) is 2.80. The Labute approximate surface area is 74.1 Å². The highest BCUT2D eigenvalue weighted by molar-refractivity contribution is 5.66. The highest BCUT2D eigenvalue weighted by Crippen LogP contribution is 2.17. The molecule has 0 amide bonds. The fourth-order valence-electron chi connectivity index (χ4n) is 1.09. The summed E-state index contributed by atoms with van der Waals surface area (Å²) >= 11 is 0. The summed E-state index contributed by atoms with van der Waals surface area (Å²) in [5, 5.41) is 3.12.